The van der Waals surface area contributed by atoms with Crippen LogP contribution >= 0.6 is 0 Å². The Morgan fingerprint density at radius 2 is 2.03 bits per heavy atom. The molecule has 0 spiro atoms. The number of nitriles is 1. The molecule has 2 aliphatic rings. The van der Waals surface area contributed by atoms with Gasteiger partial charge in [-0.05, 0) is 81.5 Å². The summed E-state index contributed by atoms with van der Waals surface area (Å²) in [4.78, 5) is 27.4. The summed E-state index contributed by atoms with van der Waals surface area (Å²) in [6, 6.07) is 14.3. The maximum absolute atomic E-state index is 13.4. The van der Waals surface area contributed by atoms with Crippen molar-refractivity contribution in [2.75, 3.05) is 11.9 Å². The molecular formula is C27H28N8O. The van der Waals surface area contributed by atoms with Crippen molar-refractivity contribution in [3.05, 3.63) is 69.8 Å². The van der Waals surface area contributed by atoms with Crippen molar-refractivity contribution in [2.45, 2.75) is 57.5 Å². The molecule has 4 heterocycles. The van der Waals surface area contributed by atoms with E-state index in [1.807, 2.05) is 38.1 Å². The minimum Gasteiger partial charge on any atom is -0.324 e. The number of hydrogen-bond acceptors (Lipinski definition) is 7. The number of benzene rings is 1. The van der Waals surface area contributed by atoms with Gasteiger partial charge in [-0.2, -0.15) is 10.2 Å². The molecule has 1 saturated carbocycles. The summed E-state index contributed by atoms with van der Waals surface area (Å²) in [5.74, 6) is 0.976. The number of fused-ring (bicyclic) bond motifs is 2. The van der Waals surface area contributed by atoms with E-state index in [1.165, 1.54) is 11.1 Å². The molecule has 3 aromatic heterocycles. The highest BCUT2D eigenvalue weighted by atomic mass is 16.1. The van der Waals surface area contributed by atoms with Gasteiger partial charge in [-0.25, -0.2) is 19.3 Å². The van der Waals surface area contributed by atoms with Crippen molar-refractivity contribution in [3.8, 4) is 11.9 Å². The minimum atomic E-state index is -0.551. The predicted octanol–water partition coefficient (Wildman–Crippen LogP) is 3.89. The van der Waals surface area contributed by atoms with E-state index in [1.54, 1.807) is 15.6 Å². The molecule has 2 N–H and O–H groups in total. The number of pyridine rings is 1. The van der Waals surface area contributed by atoms with Crippen LogP contribution in [0.2, 0.25) is 0 Å². The quantitative estimate of drug-likeness (QED) is 0.445. The minimum absolute atomic E-state index is 0.129. The van der Waals surface area contributed by atoms with Crippen LogP contribution in [0.1, 0.15) is 56.0 Å². The zero-order chi connectivity index (χ0) is 24.9. The molecule has 9 heteroatoms. The van der Waals surface area contributed by atoms with Crippen LogP contribution in [0.15, 0.2) is 47.4 Å². The maximum Gasteiger partial charge on any atom is 0.278 e. The van der Waals surface area contributed by atoms with E-state index in [0.717, 1.165) is 50.2 Å². The smallest absolute Gasteiger partial charge is 0.278 e. The first-order chi connectivity index (χ1) is 17.5. The second-order valence-electron chi connectivity index (χ2n) is 9.95. The Balaban J connectivity index is 1.46. The van der Waals surface area contributed by atoms with Crippen LogP contribution in [0.4, 0.5) is 11.6 Å². The summed E-state index contributed by atoms with van der Waals surface area (Å²) < 4.78 is 3.42. The largest absolute Gasteiger partial charge is 0.324 e. The highest BCUT2D eigenvalue weighted by molar-refractivity contribution is 5.77. The SMILES string of the molecule is CC(C)n1c(=O)c2cnc(Nc3ccc4c(c3)CNCC4)nc2n1-c1cccc(C2(C#N)CCC2)n1. The highest BCUT2D eigenvalue weighted by Gasteiger charge is 2.40. The molecule has 0 saturated heterocycles. The third-order valence-corrected chi connectivity index (χ3v) is 7.32. The zero-order valence-corrected chi connectivity index (χ0v) is 20.5. The van der Waals surface area contributed by atoms with Gasteiger partial charge in [0.05, 0.1) is 17.2 Å². The molecule has 0 bridgehead atoms. The molecule has 0 atom stereocenters. The van der Waals surface area contributed by atoms with Crippen LogP contribution in [0.5, 0.6) is 0 Å². The maximum atomic E-state index is 13.4. The molecule has 0 amide bonds. The lowest BCUT2D eigenvalue weighted by Gasteiger charge is -2.34. The zero-order valence-electron chi connectivity index (χ0n) is 20.5. The van der Waals surface area contributed by atoms with E-state index in [4.69, 9.17) is 9.97 Å². The first kappa shape index (κ1) is 22.4. The number of rotatable bonds is 5. The highest BCUT2D eigenvalue weighted by Crippen LogP contribution is 2.42. The van der Waals surface area contributed by atoms with Gasteiger partial charge >= 0.3 is 0 Å². The van der Waals surface area contributed by atoms with Gasteiger partial charge < -0.3 is 10.6 Å². The molecule has 9 nitrogen and oxygen atoms in total. The van der Waals surface area contributed by atoms with Crippen molar-refractivity contribution in [3.63, 3.8) is 0 Å². The number of anilines is 2. The monoisotopic (exact) mass is 480 g/mol. The van der Waals surface area contributed by atoms with Gasteiger partial charge in [-0.15, -0.1) is 0 Å². The van der Waals surface area contributed by atoms with Crippen LogP contribution < -0.4 is 16.2 Å². The Morgan fingerprint density at radius 1 is 1.17 bits per heavy atom. The fraction of sp³-hybridized carbons (Fsp3) is 0.370. The Labute approximate surface area is 208 Å². The number of nitrogens with one attached hydrogen (secondary N) is 2. The normalized spacial score (nSPS) is 16.4. The van der Waals surface area contributed by atoms with E-state index in [2.05, 4.69) is 33.8 Å². The number of hydrogen-bond donors (Lipinski definition) is 2. The van der Waals surface area contributed by atoms with E-state index in [9.17, 15) is 10.1 Å². The molecular weight excluding hydrogens is 452 g/mol. The lowest BCUT2D eigenvalue weighted by atomic mass is 9.67. The summed E-state index contributed by atoms with van der Waals surface area (Å²) in [5, 5.41) is 17.0. The van der Waals surface area contributed by atoms with E-state index >= 15 is 0 Å². The van der Waals surface area contributed by atoms with Gasteiger partial charge in [-0.1, -0.05) is 12.1 Å². The number of aromatic nitrogens is 5. The molecule has 6 rings (SSSR count). The molecule has 1 aliphatic carbocycles. The van der Waals surface area contributed by atoms with Gasteiger partial charge in [0.15, 0.2) is 11.5 Å². The third-order valence-electron chi connectivity index (χ3n) is 7.32. The third kappa shape index (κ3) is 3.57. The second-order valence-corrected chi connectivity index (χ2v) is 9.95. The predicted molar refractivity (Wildman–Crippen MR) is 138 cm³/mol. The van der Waals surface area contributed by atoms with Crippen LogP contribution in [0, 0.1) is 11.3 Å². The summed E-state index contributed by atoms with van der Waals surface area (Å²) >= 11 is 0. The first-order valence-electron chi connectivity index (χ1n) is 12.5. The molecule has 1 aromatic carbocycles. The summed E-state index contributed by atoms with van der Waals surface area (Å²) in [5.41, 5.74) is 4.02. The molecule has 36 heavy (non-hydrogen) atoms. The van der Waals surface area contributed by atoms with Crippen LogP contribution in [-0.4, -0.2) is 30.9 Å². The summed E-state index contributed by atoms with van der Waals surface area (Å²) in [6.07, 6.45) is 5.22. The number of nitrogens with zero attached hydrogens (tertiary/aromatic N) is 6. The Bertz CT molecular complexity index is 1570. The van der Waals surface area contributed by atoms with Gasteiger partial charge in [0.1, 0.15) is 5.39 Å². The van der Waals surface area contributed by atoms with Crippen LogP contribution in [0.25, 0.3) is 16.9 Å². The fourth-order valence-electron chi connectivity index (χ4n) is 5.20. The van der Waals surface area contributed by atoms with Gasteiger partial charge in [-0.3, -0.25) is 4.79 Å². The summed E-state index contributed by atoms with van der Waals surface area (Å²) in [6.45, 7) is 5.75. The van der Waals surface area contributed by atoms with Gasteiger partial charge in [0, 0.05) is 24.5 Å². The topological polar surface area (TPSA) is 113 Å². The second kappa shape index (κ2) is 8.57. The Hall–Kier alpha value is -4.03. The van der Waals surface area contributed by atoms with Crippen molar-refractivity contribution >= 4 is 22.7 Å². The average molecular weight is 481 g/mol. The van der Waals surface area contributed by atoms with Gasteiger partial charge in [0.2, 0.25) is 5.95 Å². The van der Waals surface area contributed by atoms with Crippen LogP contribution in [0.3, 0.4) is 0 Å². The average Bonchev–Trinajstić information content (AvgIpc) is 3.16. The van der Waals surface area contributed by atoms with Crippen molar-refractivity contribution < 1.29 is 0 Å². The van der Waals surface area contributed by atoms with Crippen molar-refractivity contribution in [2.24, 2.45) is 0 Å². The van der Waals surface area contributed by atoms with E-state index in [0.29, 0.717) is 22.8 Å². The molecule has 182 valence electrons. The lowest BCUT2D eigenvalue weighted by molar-refractivity contribution is 0.315. The van der Waals surface area contributed by atoms with Crippen molar-refractivity contribution in [1.29, 1.82) is 5.26 Å². The first-order valence-corrected chi connectivity index (χ1v) is 12.5. The molecule has 0 radical (unpaired) electrons. The standard InChI is InChI=1S/C27H28N8O/c1-17(2)34-25(36)21-15-30-26(31-20-8-7-18-9-12-29-14-19(18)13-20)33-24(21)35(34)23-6-3-5-22(32-23)27(16-28)10-4-11-27/h3,5-8,13,15,17,29H,4,9-12,14H2,1-2H3,(H,30,31,33). The van der Waals surface area contributed by atoms with Gasteiger partial charge in [0.25, 0.3) is 5.56 Å². The molecule has 1 aliphatic heterocycles. The van der Waals surface area contributed by atoms with E-state index < -0.39 is 5.41 Å². The summed E-state index contributed by atoms with van der Waals surface area (Å²) in [7, 11) is 0. The molecule has 4 aromatic rings. The molecule has 0 unspecified atom stereocenters. The Morgan fingerprint density at radius 3 is 2.78 bits per heavy atom. The fourth-order valence-corrected chi connectivity index (χ4v) is 5.20. The Kier molecular flexibility index (Phi) is 5.34. The van der Waals surface area contributed by atoms with Crippen LogP contribution in [-0.2, 0) is 18.4 Å². The molecule has 1 fully saturated rings. The van der Waals surface area contributed by atoms with E-state index in [-0.39, 0.29) is 11.6 Å². The van der Waals surface area contributed by atoms with Crippen molar-refractivity contribution in [1.82, 2.24) is 29.6 Å². The lowest BCUT2D eigenvalue weighted by Crippen LogP contribution is -2.34.